The van der Waals surface area contributed by atoms with Gasteiger partial charge >= 0.3 is 0 Å². The molecule has 0 saturated heterocycles. The summed E-state index contributed by atoms with van der Waals surface area (Å²) in [6.07, 6.45) is 0.883. The van der Waals surface area contributed by atoms with Crippen LogP contribution in [0.1, 0.15) is 23.2 Å². The number of carbonyl (C=O) groups excluding carboxylic acids is 2. The Kier molecular flexibility index (Phi) is 5.69. The maximum absolute atomic E-state index is 12.1. The molecule has 0 aliphatic heterocycles. The second kappa shape index (κ2) is 8.34. The first-order valence-electron chi connectivity index (χ1n) is 8.06. The lowest BCUT2D eigenvalue weighted by Gasteiger charge is -2.07. The van der Waals surface area contributed by atoms with E-state index in [1.807, 2.05) is 29.6 Å². The Balaban J connectivity index is 1.46. The Morgan fingerprint density at radius 1 is 1.27 bits per heavy atom. The van der Waals surface area contributed by atoms with Crippen molar-refractivity contribution < 1.29 is 9.59 Å². The molecule has 0 unspecified atom stereocenters. The standard InChI is InChI=1S/C17H18N6O2S/c1-23-16(20-21-22-23)12-4-2-5-14(10-12)19-15(24)6-3-8-18-17(25)13-7-9-26-11-13/h2,4-5,7,9-11H,3,6,8H2,1H3,(H,18,25)(H,19,24). The maximum Gasteiger partial charge on any atom is 0.252 e. The molecule has 9 heteroatoms. The van der Waals surface area contributed by atoms with Crippen LogP contribution >= 0.6 is 11.3 Å². The third kappa shape index (κ3) is 4.51. The van der Waals surface area contributed by atoms with Crippen molar-refractivity contribution in [1.29, 1.82) is 0 Å². The molecule has 26 heavy (non-hydrogen) atoms. The third-order valence-electron chi connectivity index (χ3n) is 3.67. The van der Waals surface area contributed by atoms with Crippen LogP contribution < -0.4 is 10.6 Å². The molecule has 0 radical (unpaired) electrons. The second-order valence-electron chi connectivity index (χ2n) is 5.63. The van der Waals surface area contributed by atoms with Gasteiger partial charge in [0.05, 0.1) is 0 Å². The van der Waals surface area contributed by atoms with Crippen LogP contribution in [-0.4, -0.2) is 38.6 Å². The number of benzene rings is 1. The number of aromatic nitrogens is 4. The highest BCUT2D eigenvalue weighted by Gasteiger charge is 2.09. The summed E-state index contributed by atoms with van der Waals surface area (Å²) < 4.78 is 1.57. The van der Waals surface area contributed by atoms with Crippen molar-refractivity contribution in [3.8, 4) is 11.4 Å². The largest absolute Gasteiger partial charge is 0.352 e. The Hall–Kier alpha value is -3.07. The van der Waals surface area contributed by atoms with Crippen LogP contribution in [0.2, 0.25) is 0 Å². The third-order valence-corrected chi connectivity index (χ3v) is 4.36. The molecule has 0 fully saturated rings. The number of nitrogens with one attached hydrogen (secondary N) is 2. The van der Waals surface area contributed by atoms with Crippen LogP contribution in [0.4, 0.5) is 5.69 Å². The van der Waals surface area contributed by atoms with Crippen molar-refractivity contribution in [2.45, 2.75) is 12.8 Å². The average molecular weight is 370 g/mol. The zero-order valence-electron chi connectivity index (χ0n) is 14.2. The number of rotatable bonds is 7. The monoisotopic (exact) mass is 370 g/mol. The zero-order valence-corrected chi connectivity index (χ0v) is 15.0. The Morgan fingerprint density at radius 3 is 2.88 bits per heavy atom. The van der Waals surface area contributed by atoms with E-state index in [2.05, 4.69) is 26.2 Å². The molecule has 0 atom stereocenters. The smallest absolute Gasteiger partial charge is 0.252 e. The SMILES string of the molecule is Cn1nnnc1-c1cccc(NC(=O)CCCNC(=O)c2ccsc2)c1. The molecular weight excluding hydrogens is 352 g/mol. The first-order valence-corrected chi connectivity index (χ1v) is 9.01. The molecule has 134 valence electrons. The summed E-state index contributed by atoms with van der Waals surface area (Å²) in [7, 11) is 1.75. The molecule has 2 amide bonds. The van der Waals surface area contributed by atoms with Gasteiger partial charge in [-0.2, -0.15) is 11.3 Å². The van der Waals surface area contributed by atoms with Gasteiger partial charge in [0.2, 0.25) is 5.91 Å². The molecule has 0 spiro atoms. The van der Waals surface area contributed by atoms with E-state index < -0.39 is 0 Å². The number of anilines is 1. The fourth-order valence-corrected chi connectivity index (χ4v) is 3.02. The van der Waals surface area contributed by atoms with E-state index in [1.165, 1.54) is 11.3 Å². The average Bonchev–Trinajstić information content (AvgIpc) is 3.30. The number of nitrogens with zero attached hydrogens (tertiary/aromatic N) is 4. The number of tetrazole rings is 1. The van der Waals surface area contributed by atoms with Gasteiger partial charge < -0.3 is 10.6 Å². The molecule has 3 aromatic rings. The van der Waals surface area contributed by atoms with Gasteiger partial charge in [0.25, 0.3) is 5.91 Å². The summed E-state index contributed by atoms with van der Waals surface area (Å²) >= 11 is 1.48. The fourth-order valence-electron chi connectivity index (χ4n) is 2.38. The molecule has 2 aromatic heterocycles. The lowest BCUT2D eigenvalue weighted by molar-refractivity contribution is -0.116. The van der Waals surface area contributed by atoms with Gasteiger partial charge in [-0.15, -0.1) is 5.10 Å². The fraction of sp³-hybridized carbons (Fsp3) is 0.235. The van der Waals surface area contributed by atoms with Gasteiger partial charge in [-0.1, -0.05) is 12.1 Å². The molecule has 0 saturated carbocycles. The van der Waals surface area contributed by atoms with E-state index in [9.17, 15) is 9.59 Å². The summed E-state index contributed by atoms with van der Waals surface area (Å²) in [6.45, 7) is 0.451. The zero-order chi connectivity index (χ0) is 18.4. The minimum atomic E-state index is -0.114. The van der Waals surface area contributed by atoms with Gasteiger partial charge in [-0.3, -0.25) is 9.59 Å². The van der Waals surface area contributed by atoms with Crippen LogP contribution in [0.5, 0.6) is 0 Å². The Labute approximate surface area is 154 Å². The second-order valence-corrected chi connectivity index (χ2v) is 6.41. The molecule has 8 nitrogen and oxygen atoms in total. The molecule has 2 N–H and O–H groups in total. The Bertz CT molecular complexity index is 890. The van der Waals surface area contributed by atoms with Crippen LogP contribution in [0.25, 0.3) is 11.4 Å². The van der Waals surface area contributed by atoms with Gasteiger partial charge in [0.15, 0.2) is 5.82 Å². The predicted molar refractivity (Wildman–Crippen MR) is 98.7 cm³/mol. The molecular formula is C17H18N6O2S. The predicted octanol–water partition coefficient (Wildman–Crippen LogP) is 2.09. The number of hydrogen-bond acceptors (Lipinski definition) is 6. The lowest BCUT2D eigenvalue weighted by Crippen LogP contribution is -2.25. The summed E-state index contributed by atoms with van der Waals surface area (Å²) in [4.78, 5) is 23.9. The number of carbonyl (C=O) groups is 2. The maximum atomic E-state index is 12.1. The molecule has 0 aliphatic rings. The summed E-state index contributed by atoms with van der Waals surface area (Å²) in [6, 6.07) is 9.11. The van der Waals surface area contributed by atoms with Gasteiger partial charge in [0.1, 0.15) is 0 Å². The molecule has 2 heterocycles. The van der Waals surface area contributed by atoms with Crippen molar-refractivity contribution in [2.24, 2.45) is 7.05 Å². The minimum absolute atomic E-state index is 0.108. The number of aryl methyl sites for hydroxylation is 1. The molecule has 0 aliphatic carbocycles. The Morgan fingerprint density at radius 2 is 2.15 bits per heavy atom. The van der Waals surface area contributed by atoms with Crippen LogP contribution in [0, 0.1) is 0 Å². The number of thiophene rings is 1. The van der Waals surface area contributed by atoms with Crippen molar-refractivity contribution in [3.63, 3.8) is 0 Å². The number of hydrogen-bond donors (Lipinski definition) is 2. The highest BCUT2D eigenvalue weighted by molar-refractivity contribution is 7.08. The number of amides is 2. The molecule has 3 rings (SSSR count). The van der Waals surface area contributed by atoms with Crippen molar-refractivity contribution >= 4 is 28.8 Å². The van der Waals surface area contributed by atoms with Crippen molar-refractivity contribution in [1.82, 2.24) is 25.5 Å². The first kappa shape index (κ1) is 17.7. The highest BCUT2D eigenvalue weighted by Crippen LogP contribution is 2.19. The quantitative estimate of drug-likeness (QED) is 0.620. The van der Waals surface area contributed by atoms with Gasteiger partial charge in [0, 0.05) is 42.2 Å². The van der Waals surface area contributed by atoms with E-state index in [0.29, 0.717) is 36.5 Å². The normalized spacial score (nSPS) is 10.5. The van der Waals surface area contributed by atoms with Crippen molar-refractivity contribution in [3.05, 3.63) is 46.7 Å². The van der Waals surface area contributed by atoms with Crippen LogP contribution in [0.15, 0.2) is 41.1 Å². The van der Waals surface area contributed by atoms with E-state index in [1.54, 1.807) is 23.2 Å². The lowest BCUT2D eigenvalue weighted by atomic mass is 10.2. The van der Waals surface area contributed by atoms with Crippen molar-refractivity contribution in [2.75, 3.05) is 11.9 Å². The summed E-state index contributed by atoms with van der Waals surface area (Å²) in [5, 5.41) is 20.7. The summed E-state index contributed by atoms with van der Waals surface area (Å²) in [5.41, 5.74) is 2.14. The topological polar surface area (TPSA) is 102 Å². The van der Waals surface area contributed by atoms with Gasteiger partial charge in [-0.05, 0) is 40.4 Å². The minimum Gasteiger partial charge on any atom is -0.352 e. The van der Waals surface area contributed by atoms with Crippen LogP contribution in [0.3, 0.4) is 0 Å². The van der Waals surface area contributed by atoms with Crippen LogP contribution in [-0.2, 0) is 11.8 Å². The molecule has 1 aromatic carbocycles. The van der Waals surface area contributed by atoms with Gasteiger partial charge in [-0.25, -0.2) is 4.68 Å². The summed E-state index contributed by atoms with van der Waals surface area (Å²) in [5.74, 6) is 0.400. The van der Waals surface area contributed by atoms with E-state index >= 15 is 0 Å². The van der Waals surface area contributed by atoms with E-state index in [0.717, 1.165) is 5.56 Å². The first-order chi connectivity index (χ1) is 12.6. The van der Waals surface area contributed by atoms with E-state index in [-0.39, 0.29) is 11.8 Å². The molecule has 0 bridgehead atoms. The van der Waals surface area contributed by atoms with E-state index in [4.69, 9.17) is 0 Å². The highest BCUT2D eigenvalue weighted by atomic mass is 32.1.